The minimum Gasteiger partial charge on any atom is -0.471 e. The number of ether oxygens (including phenoxy) is 1. The highest BCUT2D eigenvalue weighted by Gasteiger charge is 2.29. The van der Waals surface area contributed by atoms with Crippen LogP contribution in [0.2, 0.25) is 0 Å². The maximum Gasteiger partial charge on any atom is 0.214 e. The minimum atomic E-state index is -0.0826. The van der Waals surface area contributed by atoms with Crippen molar-refractivity contribution in [1.82, 2.24) is 10.3 Å². The standard InChI is InChI=1S/C15H18N2O/c1-15(8-10-16-11-9-15)18-14-7-6-12-4-2-3-5-13(12)17-14/h2-7,16H,8-11H2,1H3. The second kappa shape index (κ2) is 4.58. The molecule has 1 aromatic heterocycles. The summed E-state index contributed by atoms with van der Waals surface area (Å²) in [5, 5.41) is 4.51. The third-order valence-electron chi connectivity index (χ3n) is 3.59. The van der Waals surface area contributed by atoms with Crippen molar-refractivity contribution in [1.29, 1.82) is 0 Å². The first kappa shape index (κ1) is 11.5. The van der Waals surface area contributed by atoms with E-state index in [0.717, 1.165) is 42.7 Å². The van der Waals surface area contributed by atoms with Crippen LogP contribution in [-0.4, -0.2) is 23.7 Å². The minimum absolute atomic E-state index is 0.0826. The Morgan fingerprint density at radius 3 is 2.72 bits per heavy atom. The van der Waals surface area contributed by atoms with Crippen molar-refractivity contribution >= 4 is 10.9 Å². The Balaban J connectivity index is 1.85. The molecule has 2 heterocycles. The number of piperidine rings is 1. The summed E-state index contributed by atoms with van der Waals surface area (Å²) in [6, 6.07) is 12.2. The van der Waals surface area contributed by atoms with Gasteiger partial charge in [-0.05, 0) is 45.0 Å². The van der Waals surface area contributed by atoms with Crippen molar-refractivity contribution in [2.45, 2.75) is 25.4 Å². The van der Waals surface area contributed by atoms with Gasteiger partial charge in [0.15, 0.2) is 0 Å². The molecule has 0 amide bonds. The van der Waals surface area contributed by atoms with Gasteiger partial charge in [0.1, 0.15) is 5.60 Å². The summed E-state index contributed by atoms with van der Waals surface area (Å²) in [5.74, 6) is 0.734. The number of benzene rings is 1. The van der Waals surface area contributed by atoms with Crippen molar-refractivity contribution in [2.75, 3.05) is 13.1 Å². The van der Waals surface area contributed by atoms with E-state index in [2.05, 4.69) is 29.4 Å². The van der Waals surface area contributed by atoms with E-state index in [1.165, 1.54) is 0 Å². The van der Waals surface area contributed by atoms with E-state index in [4.69, 9.17) is 4.74 Å². The normalized spacial score (nSPS) is 18.7. The lowest BCUT2D eigenvalue weighted by atomic mass is 9.95. The van der Waals surface area contributed by atoms with Gasteiger partial charge in [-0.3, -0.25) is 0 Å². The van der Waals surface area contributed by atoms with Crippen LogP contribution in [0.15, 0.2) is 36.4 Å². The number of fused-ring (bicyclic) bond motifs is 1. The first-order chi connectivity index (χ1) is 8.75. The molecule has 3 rings (SSSR count). The van der Waals surface area contributed by atoms with E-state index in [0.29, 0.717) is 0 Å². The largest absolute Gasteiger partial charge is 0.471 e. The van der Waals surface area contributed by atoms with Crippen LogP contribution in [0, 0.1) is 0 Å². The molecule has 1 N–H and O–H groups in total. The number of rotatable bonds is 2. The zero-order chi connectivity index (χ0) is 12.4. The van der Waals surface area contributed by atoms with Crippen LogP contribution in [-0.2, 0) is 0 Å². The van der Waals surface area contributed by atoms with E-state index in [1.54, 1.807) is 0 Å². The monoisotopic (exact) mass is 242 g/mol. The lowest BCUT2D eigenvalue weighted by Gasteiger charge is -2.34. The summed E-state index contributed by atoms with van der Waals surface area (Å²) >= 11 is 0. The fourth-order valence-corrected chi connectivity index (χ4v) is 2.41. The average molecular weight is 242 g/mol. The molecule has 1 aliphatic heterocycles. The predicted molar refractivity (Wildman–Crippen MR) is 72.9 cm³/mol. The summed E-state index contributed by atoms with van der Waals surface area (Å²) in [6.07, 6.45) is 2.06. The van der Waals surface area contributed by atoms with Crippen molar-refractivity contribution in [3.8, 4) is 5.88 Å². The molecule has 1 aromatic carbocycles. The van der Waals surface area contributed by atoms with E-state index in [-0.39, 0.29) is 5.60 Å². The fourth-order valence-electron chi connectivity index (χ4n) is 2.41. The van der Waals surface area contributed by atoms with Gasteiger partial charge in [-0.2, -0.15) is 0 Å². The molecule has 0 atom stereocenters. The molecule has 1 saturated heterocycles. The highest BCUT2D eigenvalue weighted by molar-refractivity contribution is 5.78. The van der Waals surface area contributed by atoms with Crippen LogP contribution in [0.1, 0.15) is 19.8 Å². The maximum absolute atomic E-state index is 6.10. The van der Waals surface area contributed by atoms with Gasteiger partial charge in [-0.15, -0.1) is 0 Å². The lowest BCUT2D eigenvalue weighted by Crippen LogP contribution is -2.43. The third kappa shape index (κ3) is 2.31. The van der Waals surface area contributed by atoms with Gasteiger partial charge in [-0.1, -0.05) is 18.2 Å². The van der Waals surface area contributed by atoms with E-state index < -0.39 is 0 Å². The smallest absolute Gasteiger partial charge is 0.214 e. The van der Waals surface area contributed by atoms with Crippen LogP contribution in [0.4, 0.5) is 0 Å². The fraction of sp³-hybridized carbons (Fsp3) is 0.400. The molecule has 3 nitrogen and oxygen atoms in total. The van der Waals surface area contributed by atoms with Crippen LogP contribution >= 0.6 is 0 Å². The summed E-state index contributed by atoms with van der Waals surface area (Å²) in [6.45, 7) is 4.21. The number of pyridine rings is 1. The van der Waals surface area contributed by atoms with E-state index >= 15 is 0 Å². The highest BCUT2D eigenvalue weighted by Crippen LogP contribution is 2.26. The van der Waals surface area contributed by atoms with Gasteiger partial charge >= 0.3 is 0 Å². The molecule has 0 unspecified atom stereocenters. The topological polar surface area (TPSA) is 34.1 Å². The molecular weight excluding hydrogens is 224 g/mol. The summed E-state index contributed by atoms with van der Waals surface area (Å²) < 4.78 is 6.10. The molecule has 0 saturated carbocycles. The summed E-state index contributed by atoms with van der Waals surface area (Å²) in [4.78, 5) is 4.57. The average Bonchev–Trinajstić information content (AvgIpc) is 2.39. The van der Waals surface area contributed by atoms with Gasteiger partial charge in [0, 0.05) is 11.5 Å². The molecule has 18 heavy (non-hydrogen) atoms. The number of hydrogen-bond acceptors (Lipinski definition) is 3. The Morgan fingerprint density at radius 2 is 1.89 bits per heavy atom. The van der Waals surface area contributed by atoms with Crippen molar-refractivity contribution in [3.63, 3.8) is 0 Å². The van der Waals surface area contributed by atoms with Gasteiger partial charge in [0.25, 0.3) is 0 Å². The molecule has 94 valence electrons. The second-order valence-corrected chi connectivity index (χ2v) is 5.14. The zero-order valence-electron chi connectivity index (χ0n) is 10.6. The number of hydrogen-bond donors (Lipinski definition) is 1. The first-order valence-electron chi connectivity index (χ1n) is 6.51. The molecule has 0 spiro atoms. The second-order valence-electron chi connectivity index (χ2n) is 5.14. The third-order valence-corrected chi connectivity index (χ3v) is 3.59. The Labute approximate surface area is 107 Å². The molecule has 1 aliphatic rings. The quantitative estimate of drug-likeness (QED) is 0.879. The molecule has 1 fully saturated rings. The summed E-state index contributed by atoms with van der Waals surface area (Å²) in [5.41, 5.74) is 0.910. The maximum atomic E-state index is 6.10. The molecule has 0 bridgehead atoms. The Kier molecular flexibility index (Phi) is 2.92. The van der Waals surface area contributed by atoms with Crippen LogP contribution in [0.3, 0.4) is 0 Å². The van der Waals surface area contributed by atoms with Gasteiger partial charge < -0.3 is 10.1 Å². The zero-order valence-corrected chi connectivity index (χ0v) is 10.6. The van der Waals surface area contributed by atoms with Crippen molar-refractivity contribution < 1.29 is 4.74 Å². The Bertz CT molecular complexity index is 547. The SMILES string of the molecule is CC1(Oc2ccc3ccccc3n2)CCNCC1. The molecule has 0 radical (unpaired) electrons. The number of nitrogens with zero attached hydrogens (tertiary/aromatic N) is 1. The lowest BCUT2D eigenvalue weighted by molar-refractivity contribution is 0.0512. The number of nitrogens with one attached hydrogen (secondary N) is 1. The van der Waals surface area contributed by atoms with Gasteiger partial charge in [-0.25, -0.2) is 4.98 Å². The van der Waals surface area contributed by atoms with Gasteiger partial charge in [0.05, 0.1) is 5.52 Å². The Hall–Kier alpha value is -1.61. The summed E-state index contributed by atoms with van der Waals surface area (Å²) in [7, 11) is 0. The van der Waals surface area contributed by atoms with E-state index in [1.807, 2.05) is 24.3 Å². The van der Waals surface area contributed by atoms with Crippen LogP contribution in [0.5, 0.6) is 5.88 Å². The molecule has 3 heteroatoms. The number of para-hydroxylation sites is 1. The molecule has 0 aliphatic carbocycles. The predicted octanol–water partition coefficient (Wildman–Crippen LogP) is 2.76. The van der Waals surface area contributed by atoms with Gasteiger partial charge in [0.2, 0.25) is 5.88 Å². The number of aromatic nitrogens is 1. The van der Waals surface area contributed by atoms with Crippen LogP contribution < -0.4 is 10.1 Å². The highest BCUT2D eigenvalue weighted by atomic mass is 16.5. The molecule has 2 aromatic rings. The molecular formula is C15H18N2O. The van der Waals surface area contributed by atoms with Crippen LogP contribution in [0.25, 0.3) is 10.9 Å². The Morgan fingerprint density at radius 1 is 1.11 bits per heavy atom. The van der Waals surface area contributed by atoms with E-state index in [9.17, 15) is 0 Å². The van der Waals surface area contributed by atoms with Crippen molar-refractivity contribution in [3.05, 3.63) is 36.4 Å². The van der Waals surface area contributed by atoms with Crippen molar-refractivity contribution in [2.24, 2.45) is 0 Å². The first-order valence-corrected chi connectivity index (χ1v) is 6.51.